The summed E-state index contributed by atoms with van der Waals surface area (Å²) < 4.78 is 0. The Morgan fingerprint density at radius 2 is 1.94 bits per heavy atom. The lowest BCUT2D eigenvalue weighted by atomic mass is 10.1. The molecule has 1 aromatic carbocycles. The van der Waals surface area contributed by atoms with Crippen molar-refractivity contribution in [3.05, 3.63) is 34.9 Å². The van der Waals surface area contributed by atoms with Gasteiger partial charge in [-0.1, -0.05) is 43.1 Å². The van der Waals surface area contributed by atoms with Crippen LogP contribution in [0, 0.1) is 0 Å². The predicted molar refractivity (Wildman–Crippen MR) is 71.9 cm³/mol. The summed E-state index contributed by atoms with van der Waals surface area (Å²) in [4.78, 5) is 2.48. The first-order valence-electron chi connectivity index (χ1n) is 6.12. The molecule has 1 rings (SSSR count). The van der Waals surface area contributed by atoms with Crippen LogP contribution in [0.2, 0.25) is 5.02 Å². The first kappa shape index (κ1) is 13.5. The second-order valence-electron chi connectivity index (χ2n) is 4.51. The molecule has 0 fully saturated rings. The van der Waals surface area contributed by atoms with Crippen molar-refractivity contribution in [3.8, 4) is 0 Å². The Labute approximate surface area is 104 Å². The van der Waals surface area contributed by atoms with Gasteiger partial charge in [0.15, 0.2) is 0 Å². The molecule has 0 aliphatic carbocycles. The molecule has 0 saturated heterocycles. The largest absolute Gasteiger partial charge is 0.297 e. The Morgan fingerprint density at radius 1 is 1.25 bits per heavy atom. The Kier molecular flexibility index (Phi) is 5.86. The topological polar surface area (TPSA) is 3.24 Å². The fourth-order valence-corrected chi connectivity index (χ4v) is 1.92. The average molecular weight is 240 g/mol. The van der Waals surface area contributed by atoms with E-state index in [1.807, 2.05) is 12.1 Å². The van der Waals surface area contributed by atoms with E-state index < -0.39 is 0 Å². The monoisotopic (exact) mass is 239 g/mol. The van der Waals surface area contributed by atoms with Gasteiger partial charge in [-0.15, -0.1) is 0 Å². The standard InChI is InChI=1S/C14H22ClN/c1-4-5-10-16(12(2)3)11-13-8-6-7-9-14(13)15/h6-9,12H,4-5,10-11H2,1-3H3. The van der Waals surface area contributed by atoms with E-state index in [0.717, 1.165) is 18.1 Å². The summed E-state index contributed by atoms with van der Waals surface area (Å²) in [7, 11) is 0. The third-order valence-electron chi connectivity index (χ3n) is 2.86. The summed E-state index contributed by atoms with van der Waals surface area (Å²) in [5.41, 5.74) is 1.23. The van der Waals surface area contributed by atoms with Gasteiger partial charge in [0.1, 0.15) is 0 Å². The minimum absolute atomic E-state index is 0.572. The van der Waals surface area contributed by atoms with Gasteiger partial charge in [-0.25, -0.2) is 0 Å². The first-order valence-corrected chi connectivity index (χ1v) is 6.50. The Bertz CT molecular complexity index is 309. The summed E-state index contributed by atoms with van der Waals surface area (Å²) >= 11 is 6.18. The highest BCUT2D eigenvalue weighted by Gasteiger charge is 2.10. The van der Waals surface area contributed by atoms with Crippen molar-refractivity contribution in [2.45, 2.75) is 46.2 Å². The molecule has 0 aliphatic heterocycles. The molecule has 90 valence electrons. The Morgan fingerprint density at radius 3 is 2.50 bits per heavy atom. The van der Waals surface area contributed by atoms with Gasteiger partial charge >= 0.3 is 0 Å². The van der Waals surface area contributed by atoms with Gasteiger partial charge in [-0.3, -0.25) is 4.90 Å². The molecule has 2 heteroatoms. The molecule has 0 N–H and O–H groups in total. The summed E-state index contributed by atoms with van der Waals surface area (Å²) in [5, 5.41) is 0.879. The van der Waals surface area contributed by atoms with Crippen molar-refractivity contribution in [1.82, 2.24) is 4.90 Å². The number of hydrogen-bond donors (Lipinski definition) is 0. The molecule has 0 unspecified atom stereocenters. The minimum atomic E-state index is 0.572. The van der Waals surface area contributed by atoms with Gasteiger partial charge in [0.05, 0.1) is 0 Å². The average Bonchev–Trinajstić information content (AvgIpc) is 2.26. The molecule has 0 atom stereocenters. The van der Waals surface area contributed by atoms with E-state index in [-0.39, 0.29) is 0 Å². The van der Waals surface area contributed by atoms with Crippen LogP contribution in [0.5, 0.6) is 0 Å². The van der Waals surface area contributed by atoms with Crippen molar-refractivity contribution >= 4 is 11.6 Å². The zero-order valence-corrected chi connectivity index (χ0v) is 11.3. The van der Waals surface area contributed by atoms with Crippen LogP contribution in [0.4, 0.5) is 0 Å². The number of benzene rings is 1. The van der Waals surface area contributed by atoms with E-state index in [4.69, 9.17) is 11.6 Å². The molecular weight excluding hydrogens is 218 g/mol. The maximum Gasteiger partial charge on any atom is 0.0451 e. The molecule has 0 bridgehead atoms. The van der Waals surface area contributed by atoms with Crippen LogP contribution in [0.1, 0.15) is 39.2 Å². The summed E-state index contributed by atoms with van der Waals surface area (Å²) in [6, 6.07) is 8.69. The lowest BCUT2D eigenvalue weighted by Crippen LogP contribution is -2.31. The molecule has 1 aromatic rings. The normalized spacial score (nSPS) is 11.4. The molecule has 0 amide bonds. The molecule has 1 nitrogen and oxygen atoms in total. The maximum atomic E-state index is 6.18. The smallest absolute Gasteiger partial charge is 0.0451 e. The Balaban J connectivity index is 2.64. The molecule has 16 heavy (non-hydrogen) atoms. The van der Waals surface area contributed by atoms with Crippen LogP contribution in [-0.4, -0.2) is 17.5 Å². The second-order valence-corrected chi connectivity index (χ2v) is 4.92. The van der Waals surface area contributed by atoms with Crippen LogP contribution in [0.3, 0.4) is 0 Å². The van der Waals surface area contributed by atoms with E-state index in [2.05, 4.69) is 37.8 Å². The van der Waals surface area contributed by atoms with Crippen molar-refractivity contribution in [2.75, 3.05) is 6.54 Å². The van der Waals surface area contributed by atoms with E-state index >= 15 is 0 Å². The molecule has 0 spiro atoms. The minimum Gasteiger partial charge on any atom is -0.297 e. The van der Waals surface area contributed by atoms with Gasteiger partial charge in [0.25, 0.3) is 0 Å². The number of rotatable bonds is 6. The Hall–Kier alpha value is -0.530. The van der Waals surface area contributed by atoms with Crippen LogP contribution in [-0.2, 0) is 6.54 Å². The molecule has 0 saturated carbocycles. The lowest BCUT2D eigenvalue weighted by Gasteiger charge is -2.26. The molecule has 0 heterocycles. The lowest BCUT2D eigenvalue weighted by molar-refractivity contribution is 0.209. The molecular formula is C14H22ClN. The summed E-state index contributed by atoms with van der Waals surface area (Å²) in [6.07, 6.45) is 2.49. The van der Waals surface area contributed by atoms with Crippen molar-refractivity contribution in [3.63, 3.8) is 0 Å². The summed E-state index contributed by atoms with van der Waals surface area (Å²) in [5.74, 6) is 0. The zero-order valence-electron chi connectivity index (χ0n) is 10.5. The van der Waals surface area contributed by atoms with Gasteiger partial charge in [-0.05, 0) is 38.4 Å². The molecule has 0 radical (unpaired) electrons. The number of nitrogens with zero attached hydrogens (tertiary/aromatic N) is 1. The highest BCUT2D eigenvalue weighted by molar-refractivity contribution is 6.31. The highest BCUT2D eigenvalue weighted by Crippen LogP contribution is 2.18. The van der Waals surface area contributed by atoms with Gasteiger partial charge in [0, 0.05) is 17.6 Å². The number of hydrogen-bond acceptors (Lipinski definition) is 1. The fourth-order valence-electron chi connectivity index (χ4n) is 1.73. The van der Waals surface area contributed by atoms with E-state index in [1.165, 1.54) is 18.4 Å². The maximum absolute atomic E-state index is 6.18. The predicted octanol–water partition coefficient (Wildman–Crippen LogP) is 4.35. The van der Waals surface area contributed by atoms with Gasteiger partial charge in [-0.2, -0.15) is 0 Å². The van der Waals surface area contributed by atoms with E-state index in [9.17, 15) is 0 Å². The third kappa shape index (κ3) is 4.15. The van der Waals surface area contributed by atoms with Gasteiger partial charge in [0.2, 0.25) is 0 Å². The molecule has 0 aliphatic rings. The van der Waals surface area contributed by atoms with Crippen molar-refractivity contribution in [1.29, 1.82) is 0 Å². The van der Waals surface area contributed by atoms with Crippen molar-refractivity contribution < 1.29 is 0 Å². The van der Waals surface area contributed by atoms with Crippen LogP contribution in [0.15, 0.2) is 24.3 Å². The van der Waals surface area contributed by atoms with Gasteiger partial charge < -0.3 is 0 Å². The van der Waals surface area contributed by atoms with E-state index in [1.54, 1.807) is 0 Å². The summed E-state index contributed by atoms with van der Waals surface area (Å²) in [6.45, 7) is 8.82. The number of unbranched alkanes of at least 4 members (excludes halogenated alkanes) is 1. The quantitative estimate of drug-likeness (QED) is 0.714. The highest BCUT2D eigenvalue weighted by atomic mass is 35.5. The first-order chi connectivity index (χ1) is 7.65. The van der Waals surface area contributed by atoms with Crippen LogP contribution < -0.4 is 0 Å². The second kappa shape index (κ2) is 6.93. The van der Waals surface area contributed by atoms with E-state index in [0.29, 0.717) is 6.04 Å². The zero-order chi connectivity index (χ0) is 12.0. The van der Waals surface area contributed by atoms with Crippen LogP contribution >= 0.6 is 11.6 Å². The number of halogens is 1. The molecule has 0 aromatic heterocycles. The fraction of sp³-hybridized carbons (Fsp3) is 0.571. The third-order valence-corrected chi connectivity index (χ3v) is 3.23. The van der Waals surface area contributed by atoms with Crippen molar-refractivity contribution in [2.24, 2.45) is 0 Å². The SMILES string of the molecule is CCCCN(Cc1ccccc1Cl)C(C)C. The van der Waals surface area contributed by atoms with Crippen LogP contribution in [0.25, 0.3) is 0 Å².